The first-order valence-corrected chi connectivity index (χ1v) is 6.43. The average molecular weight is 293 g/mol. The van der Waals surface area contributed by atoms with E-state index in [1.807, 2.05) is 6.92 Å². The van der Waals surface area contributed by atoms with Crippen LogP contribution in [0.5, 0.6) is 0 Å². The lowest BCUT2D eigenvalue weighted by Gasteiger charge is -2.07. The van der Waals surface area contributed by atoms with Gasteiger partial charge in [0.2, 0.25) is 5.95 Å². The van der Waals surface area contributed by atoms with Crippen LogP contribution in [0.25, 0.3) is 0 Å². The van der Waals surface area contributed by atoms with Crippen molar-refractivity contribution in [3.05, 3.63) is 35.2 Å². The van der Waals surface area contributed by atoms with Crippen molar-refractivity contribution in [2.45, 2.75) is 13.3 Å². The first kappa shape index (κ1) is 14.1. The van der Waals surface area contributed by atoms with Crippen LogP contribution in [0.15, 0.2) is 24.7 Å². The number of halogens is 1. The Bertz CT molecular complexity index is 592. The quantitative estimate of drug-likeness (QED) is 0.875. The Morgan fingerprint density at radius 1 is 1.35 bits per heavy atom. The number of pyridine rings is 1. The summed E-state index contributed by atoms with van der Waals surface area (Å²) < 4.78 is 0. The Morgan fingerprint density at radius 3 is 2.85 bits per heavy atom. The molecule has 0 radical (unpaired) electrons. The summed E-state index contributed by atoms with van der Waals surface area (Å²) in [6, 6.07) is 1.54. The highest BCUT2D eigenvalue weighted by atomic mass is 35.5. The van der Waals surface area contributed by atoms with Crippen LogP contribution in [0.2, 0.25) is 5.02 Å². The molecule has 2 rings (SSSR count). The molecule has 104 valence electrons. The van der Waals surface area contributed by atoms with Gasteiger partial charge in [-0.2, -0.15) is 5.10 Å². The summed E-state index contributed by atoms with van der Waals surface area (Å²) in [6.45, 7) is 2.80. The molecule has 0 aliphatic rings. The topological polar surface area (TPSA) is 92.7 Å². The Morgan fingerprint density at radius 2 is 2.20 bits per heavy atom. The fourth-order valence-electron chi connectivity index (χ4n) is 1.41. The number of nitrogens with zero attached hydrogens (tertiary/aromatic N) is 4. The van der Waals surface area contributed by atoms with Gasteiger partial charge in [0.15, 0.2) is 0 Å². The maximum atomic E-state index is 12.0. The third-order valence-corrected chi connectivity index (χ3v) is 2.64. The third kappa shape index (κ3) is 3.61. The van der Waals surface area contributed by atoms with E-state index in [1.165, 1.54) is 24.7 Å². The van der Waals surface area contributed by atoms with E-state index in [0.29, 0.717) is 16.4 Å². The molecule has 0 bridgehead atoms. The van der Waals surface area contributed by atoms with Crippen LogP contribution in [0.1, 0.15) is 23.7 Å². The second-order valence-electron chi connectivity index (χ2n) is 3.90. The van der Waals surface area contributed by atoms with Crippen molar-refractivity contribution >= 4 is 29.3 Å². The van der Waals surface area contributed by atoms with Crippen LogP contribution in [0.4, 0.5) is 11.8 Å². The predicted molar refractivity (Wildman–Crippen MR) is 75.8 cm³/mol. The fraction of sp³-hybridized carbons (Fsp3) is 0.250. The van der Waals surface area contributed by atoms with E-state index in [-0.39, 0.29) is 5.95 Å². The van der Waals surface area contributed by atoms with Crippen LogP contribution in [0.3, 0.4) is 0 Å². The van der Waals surface area contributed by atoms with Gasteiger partial charge in [0.1, 0.15) is 5.82 Å². The molecule has 0 saturated carbocycles. The predicted octanol–water partition coefficient (Wildman–Crippen LogP) is 1.99. The van der Waals surface area contributed by atoms with Crippen LogP contribution in [-0.4, -0.2) is 32.6 Å². The minimum Gasteiger partial charge on any atom is -0.369 e. The normalized spacial score (nSPS) is 10.1. The largest absolute Gasteiger partial charge is 0.369 e. The molecular formula is C12H13ClN6O. The molecule has 0 aliphatic carbocycles. The lowest BCUT2D eigenvalue weighted by Crippen LogP contribution is -2.15. The number of nitrogens with one attached hydrogen (secondary N) is 2. The van der Waals surface area contributed by atoms with Gasteiger partial charge in [-0.25, -0.2) is 9.97 Å². The summed E-state index contributed by atoms with van der Waals surface area (Å²) in [5, 5.41) is 13.2. The Kier molecular flexibility index (Phi) is 4.78. The van der Waals surface area contributed by atoms with Gasteiger partial charge in [0.25, 0.3) is 5.91 Å². The van der Waals surface area contributed by atoms with Crippen molar-refractivity contribution in [2.24, 2.45) is 0 Å². The van der Waals surface area contributed by atoms with Gasteiger partial charge in [-0.3, -0.25) is 10.1 Å². The standard InChI is InChI=1S/C12H13ClN6O/c1-2-3-14-10-9(13)6-8(7-16-10)11(20)18-12-15-4-5-17-19-12/h4-7H,2-3H2,1H3,(H,14,16)(H,15,18,19,20). The van der Waals surface area contributed by atoms with Crippen LogP contribution in [-0.2, 0) is 0 Å². The summed E-state index contributed by atoms with van der Waals surface area (Å²) in [6.07, 6.45) is 5.25. The van der Waals surface area contributed by atoms with E-state index in [1.54, 1.807) is 0 Å². The van der Waals surface area contributed by atoms with Crippen LogP contribution in [0, 0.1) is 0 Å². The fourth-order valence-corrected chi connectivity index (χ4v) is 1.65. The number of hydrogen-bond donors (Lipinski definition) is 2. The lowest BCUT2D eigenvalue weighted by molar-refractivity contribution is 0.102. The van der Waals surface area contributed by atoms with Gasteiger partial charge in [0.05, 0.1) is 23.0 Å². The highest BCUT2D eigenvalue weighted by Crippen LogP contribution is 2.20. The van der Waals surface area contributed by atoms with Crippen LogP contribution < -0.4 is 10.6 Å². The van der Waals surface area contributed by atoms with Gasteiger partial charge in [-0.15, -0.1) is 5.10 Å². The van der Waals surface area contributed by atoms with E-state index < -0.39 is 5.91 Å². The van der Waals surface area contributed by atoms with Gasteiger partial charge >= 0.3 is 0 Å². The molecule has 7 nitrogen and oxygen atoms in total. The molecule has 2 heterocycles. The molecule has 0 fully saturated rings. The Labute approximate surface area is 120 Å². The van der Waals surface area contributed by atoms with Crippen molar-refractivity contribution in [1.82, 2.24) is 20.2 Å². The molecule has 0 aliphatic heterocycles. The molecule has 1 amide bonds. The van der Waals surface area contributed by atoms with Gasteiger partial charge < -0.3 is 5.32 Å². The number of carbonyl (C=O) groups excluding carboxylic acids is 1. The first-order chi connectivity index (χ1) is 9.70. The van der Waals surface area contributed by atoms with E-state index in [9.17, 15) is 4.79 Å². The summed E-state index contributed by atoms with van der Waals surface area (Å²) in [4.78, 5) is 19.9. The molecule has 0 aromatic carbocycles. The van der Waals surface area contributed by atoms with Gasteiger partial charge in [-0.1, -0.05) is 18.5 Å². The zero-order chi connectivity index (χ0) is 14.4. The highest BCUT2D eigenvalue weighted by molar-refractivity contribution is 6.33. The monoisotopic (exact) mass is 292 g/mol. The molecule has 2 aromatic rings. The van der Waals surface area contributed by atoms with Crippen molar-refractivity contribution < 1.29 is 4.79 Å². The summed E-state index contributed by atoms with van der Waals surface area (Å²) in [7, 11) is 0. The molecule has 2 N–H and O–H groups in total. The molecular weight excluding hydrogens is 280 g/mol. The number of anilines is 2. The minimum absolute atomic E-state index is 0.127. The molecule has 0 spiro atoms. The zero-order valence-corrected chi connectivity index (χ0v) is 11.6. The lowest BCUT2D eigenvalue weighted by atomic mass is 10.2. The molecule has 0 unspecified atom stereocenters. The SMILES string of the molecule is CCCNc1ncc(C(=O)Nc2nccnn2)cc1Cl. The van der Waals surface area contributed by atoms with Crippen molar-refractivity contribution in [1.29, 1.82) is 0 Å². The van der Waals surface area contributed by atoms with E-state index >= 15 is 0 Å². The Balaban J connectivity index is 2.09. The summed E-state index contributed by atoms with van der Waals surface area (Å²) in [5.74, 6) is 0.291. The second kappa shape index (κ2) is 6.76. The van der Waals surface area contributed by atoms with Crippen molar-refractivity contribution in [2.75, 3.05) is 17.2 Å². The maximum Gasteiger partial charge on any atom is 0.259 e. The number of aromatic nitrogens is 4. The molecule has 20 heavy (non-hydrogen) atoms. The van der Waals surface area contributed by atoms with Crippen molar-refractivity contribution in [3.8, 4) is 0 Å². The van der Waals surface area contributed by atoms with E-state index in [0.717, 1.165) is 13.0 Å². The Hall–Kier alpha value is -2.28. The zero-order valence-electron chi connectivity index (χ0n) is 10.8. The van der Waals surface area contributed by atoms with Gasteiger partial charge in [-0.05, 0) is 12.5 Å². The second-order valence-corrected chi connectivity index (χ2v) is 4.31. The minimum atomic E-state index is -0.394. The van der Waals surface area contributed by atoms with Gasteiger partial charge in [0, 0.05) is 12.7 Å². The first-order valence-electron chi connectivity index (χ1n) is 6.05. The molecule has 8 heteroatoms. The molecule has 0 saturated heterocycles. The number of rotatable bonds is 5. The van der Waals surface area contributed by atoms with E-state index in [4.69, 9.17) is 11.6 Å². The number of hydrogen-bond acceptors (Lipinski definition) is 6. The number of amides is 1. The smallest absolute Gasteiger partial charge is 0.259 e. The summed E-state index contributed by atoms with van der Waals surface area (Å²) >= 11 is 6.06. The van der Waals surface area contributed by atoms with Crippen molar-refractivity contribution in [3.63, 3.8) is 0 Å². The average Bonchev–Trinajstić information content (AvgIpc) is 2.47. The maximum absolute atomic E-state index is 12.0. The number of carbonyl (C=O) groups is 1. The molecule has 2 aromatic heterocycles. The molecule has 0 atom stereocenters. The van der Waals surface area contributed by atoms with E-state index in [2.05, 4.69) is 30.8 Å². The highest BCUT2D eigenvalue weighted by Gasteiger charge is 2.11. The van der Waals surface area contributed by atoms with Crippen LogP contribution >= 0.6 is 11.6 Å². The third-order valence-electron chi connectivity index (χ3n) is 2.35. The summed E-state index contributed by atoms with van der Waals surface area (Å²) in [5.41, 5.74) is 0.324.